The predicted octanol–water partition coefficient (Wildman–Crippen LogP) is 4.02. The highest BCUT2D eigenvalue weighted by Gasteiger charge is 2.15. The molecule has 8 heteroatoms. The third kappa shape index (κ3) is 3.62. The smallest absolute Gasteiger partial charge is 0.387 e. The van der Waals surface area contributed by atoms with Gasteiger partial charge in [-0.15, -0.1) is 0 Å². The molecule has 120 valence electrons. The second-order valence-electron chi connectivity index (χ2n) is 4.48. The van der Waals surface area contributed by atoms with Crippen LogP contribution in [0.4, 0.5) is 8.78 Å². The number of nitrogens with one attached hydrogen (secondary N) is 1. The fourth-order valence-electron chi connectivity index (χ4n) is 2.08. The maximum atomic E-state index is 12.4. The van der Waals surface area contributed by atoms with Gasteiger partial charge in [-0.05, 0) is 43.8 Å². The summed E-state index contributed by atoms with van der Waals surface area (Å²) in [5.41, 5.74) is 0.714. The molecule has 5 nitrogen and oxygen atoms in total. The molecule has 0 bridgehead atoms. The minimum atomic E-state index is -2.90. The first kappa shape index (κ1) is 16.4. The van der Waals surface area contributed by atoms with Crippen molar-refractivity contribution in [3.8, 4) is 22.9 Å². The van der Waals surface area contributed by atoms with Crippen molar-refractivity contribution in [3.63, 3.8) is 0 Å². The van der Waals surface area contributed by atoms with Gasteiger partial charge in [0.1, 0.15) is 0 Å². The quantitative estimate of drug-likeness (QED) is 0.780. The molecule has 0 aliphatic rings. The van der Waals surface area contributed by atoms with Gasteiger partial charge in [-0.2, -0.15) is 13.9 Å². The Hall–Kier alpha value is -1.96. The first-order chi connectivity index (χ1) is 10.6. The third-order valence-electron chi connectivity index (χ3n) is 2.92. The van der Waals surface area contributed by atoms with Crippen LogP contribution in [0.3, 0.4) is 0 Å². The van der Waals surface area contributed by atoms with Gasteiger partial charge in [-0.1, -0.05) is 6.92 Å². The molecule has 1 N–H and O–H groups in total. The number of alkyl halides is 2. The normalized spacial score (nSPS) is 11.0. The van der Waals surface area contributed by atoms with Crippen LogP contribution in [0.25, 0.3) is 11.4 Å². The van der Waals surface area contributed by atoms with E-state index in [2.05, 4.69) is 14.9 Å². The molecule has 0 spiro atoms. The van der Waals surface area contributed by atoms with Crippen molar-refractivity contribution in [2.24, 2.45) is 0 Å². The van der Waals surface area contributed by atoms with E-state index < -0.39 is 6.61 Å². The molecule has 0 fully saturated rings. The lowest BCUT2D eigenvalue weighted by Gasteiger charge is -2.13. The van der Waals surface area contributed by atoms with Gasteiger partial charge in [0, 0.05) is 12.1 Å². The number of nitrogens with zero attached hydrogens (tertiary/aromatic N) is 2. The van der Waals surface area contributed by atoms with Gasteiger partial charge >= 0.3 is 6.61 Å². The summed E-state index contributed by atoms with van der Waals surface area (Å²) in [6, 6.07) is 4.72. The van der Waals surface area contributed by atoms with E-state index in [0.29, 0.717) is 29.3 Å². The molecular formula is C14H17F2N3O2S. The second-order valence-corrected chi connectivity index (χ2v) is 4.86. The average molecular weight is 329 g/mol. The van der Waals surface area contributed by atoms with Gasteiger partial charge < -0.3 is 14.0 Å². The number of rotatable bonds is 7. The van der Waals surface area contributed by atoms with Crippen LogP contribution in [-0.2, 0) is 6.54 Å². The number of aromatic amines is 1. The van der Waals surface area contributed by atoms with Crippen LogP contribution < -0.4 is 9.47 Å². The molecule has 0 radical (unpaired) electrons. The Bertz CT molecular complexity index is 685. The molecule has 22 heavy (non-hydrogen) atoms. The molecule has 0 aliphatic heterocycles. The van der Waals surface area contributed by atoms with E-state index in [1.165, 1.54) is 6.07 Å². The molecule has 0 aliphatic carbocycles. The summed E-state index contributed by atoms with van der Waals surface area (Å²) < 4.78 is 37.0. The standard InChI is InChI=1S/C14H17F2N3O2S/c1-3-7-19-12(17-18-14(19)22)9-5-6-10(21-13(15)16)11(8-9)20-4-2/h5-6,8,13H,3-4,7H2,1-2H3,(H,18,22). The van der Waals surface area contributed by atoms with Crippen LogP contribution in [0.15, 0.2) is 18.2 Å². The summed E-state index contributed by atoms with van der Waals surface area (Å²) in [4.78, 5) is 0. The van der Waals surface area contributed by atoms with E-state index in [1.807, 2.05) is 11.5 Å². The van der Waals surface area contributed by atoms with Gasteiger partial charge in [0.15, 0.2) is 22.1 Å². The van der Waals surface area contributed by atoms with E-state index in [1.54, 1.807) is 19.1 Å². The number of halogens is 2. The van der Waals surface area contributed by atoms with Crippen LogP contribution >= 0.6 is 12.2 Å². The zero-order valence-electron chi connectivity index (χ0n) is 12.3. The van der Waals surface area contributed by atoms with Crippen molar-refractivity contribution < 1.29 is 18.3 Å². The SMILES string of the molecule is CCCn1c(-c2ccc(OC(F)F)c(OCC)c2)n[nH]c1=S. The fraction of sp³-hybridized carbons (Fsp3) is 0.429. The monoisotopic (exact) mass is 329 g/mol. The highest BCUT2D eigenvalue weighted by molar-refractivity contribution is 7.71. The first-order valence-electron chi connectivity index (χ1n) is 6.94. The van der Waals surface area contributed by atoms with Crippen LogP contribution in [0.2, 0.25) is 0 Å². The second kappa shape index (κ2) is 7.35. The predicted molar refractivity (Wildman–Crippen MR) is 80.9 cm³/mol. The molecule has 2 rings (SSSR count). The minimum absolute atomic E-state index is 0.00299. The number of benzene rings is 1. The summed E-state index contributed by atoms with van der Waals surface area (Å²) >= 11 is 5.19. The van der Waals surface area contributed by atoms with Crippen molar-refractivity contribution in [3.05, 3.63) is 23.0 Å². The van der Waals surface area contributed by atoms with Gasteiger partial charge in [0.05, 0.1) is 6.61 Å². The van der Waals surface area contributed by atoms with Gasteiger partial charge in [-0.25, -0.2) is 0 Å². The fourth-order valence-corrected chi connectivity index (χ4v) is 2.30. The number of hydrogen-bond donors (Lipinski definition) is 1. The highest BCUT2D eigenvalue weighted by atomic mass is 32.1. The van der Waals surface area contributed by atoms with Crippen LogP contribution in [0.5, 0.6) is 11.5 Å². The topological polar surface area (TPSA) is 52.1 Å². The Labute approximate surface area is 131 Å². The van der Waals surface area contributed by atoms with Crippen LogP contribution in [0.1, 0.15) is 20.3 Å². The Morgan fingerprint density at radius 2 is 2.09 bits per heavy atom. The number of aromatic nitrogens is 3. The molecule has 0 saturated heterocycles. The molecule has 1 aromatic heterocycles. The Morgan fingerprint density at radius 3 is 2.73 bits per heavy atom. The summed E-state index contributed by atoms with van der Waals surface area (Å²) in [5.74, 6) is 0.880. The summed E-state index contributed by atoms with van der Waals surface area (Å²) in [7, 11) is 0. The number of H-pyrrole nitrogens is 1. The summed E-state index contributed by atoms with van der Waals surface area (Å²) in [6.07, 6.45) is 0.895. The van der Waals surface area contributed by atoms with Crippen molar-refractivity contribution in [1.29, 1.82) is 0 Å². The number of hydrogen-bond acceptors (Lipinski definition) is 4. The van der Waals surface area contributed by atoms with E-state index in [-0.39, 0.29) is 11.5 Å². The van der Waals surface area contributed by atoms with E-state index in [9.17, 15) is 8.78 Å². The van der Waals surface area contributed by atoms with Crippen molar-refractivity contribution in [1.82, 2.24) is 14.8 Å². The van der Waals surface area contributed by atoms with E-state index in [0.717, 1.165) is 6.42 Å². The summed E-state index contributed by atoms with van der Waals surface area (Å²) in [6.45, 7) is 1.95. The lowest BCUT2D eigenvalue weighted by molar-refractivity contribution is -0.0514. The summed E-state index contributed by atoms with van der Waals surface area (Å²) in [5, 5.41) is 6.94. The zero-order valence-corrected chi connectivity index (χ0v) is 13.1. The van der Waals surface area contributed by atoms with Crippen LogP contribution in [0, 0.1) is 4.77 Å². The maximum absolute atomic E-state index is 12.4. The van der Waals surface area contributed by atoms with Crippen molar-refractivity contribution >= 4 is 12.2 Å². The van der Waals surface area contributed by atoms with Gasteiger partial charge in [0.2, 0.25) is 0 Å². The highest BCUT2D eigenvalue weighted by Crippen LogP contribution is 2.33. The maximum Gasteiger partial charge on any atom is 0.387 e. The molecule has 1 aromatic carbocycles. The molecule has 0 unspecified atom stereocenters. The van der Waals surface area contributed by atoms with Crippen LogP contribution in [-0.4, -0.2) is 28.0 Å². The Balaban J connectivity index is 2.44. The average Bonchev–Trinajstić information content (AvgIpc) is 2.83. The molecule has 0 atom stereocenters. The van der Waals surface area contributed by atoms with Gasteiger partial charge in [-0.3, -0.25) is 5.10 Å². The van der Waals surface area contributed by atoms with E-state index >= 15 is 0 Å². The largest absolute Gasteiger partial charge is 0.490 e. The molecule has 2 aromatic rings. The number of ether oxygens (including phenoxy) is 2. The Kier molecular flexibility index (Phi) is 5.48. The molecular weight excluding hydrogens is 312 g/mol. The lowest BCUT2D eigenvalue weighted by atomic mass is 10.2. The van der Waals surface area contributed by atoms with Crippen molar-refractivity contribution in [2.45, 2.75) is 33.4 Å². The zero-order chi connectivity index (χ0) is 16.1. The first-order valence-corrected chi connectivity index (χ1v) is 7.34. The lowest BCUT2D eigenvalue weighted by Crippen LogP contribution is -2.05. The molecule has 0 amide bonds. The molecule has 0 saturated carbocycles. The third-order valence-corrected chi connectivity index (χ3v) is 3.23. The Morgan fingerprint density at radius 1 is 1.32 bits per heavy atom. The van der Waals surface area contributed by atoms with Crippen molar-refractivity contribution in [2.75, 3.05) is 6.61 Å². The van der Waals surface area contributed by atoms with Gasteiger partial charge in [0.25, 0.3) is 0 Å². The minimum Gasteiger partial charge on any atom is -0.490 e. The van der Waals surface area contributed by atoms with E-state index in [4.69, 9.17) is 17.0 Å². The molecule has 1 heterocycles.